The van der Waals surface area contributed by atoms with Gasteiger partial charge in [0, 0.05) is 8.22 Å². The van der Waals surface area contributed by atoms with Crippen LogP contribution in [0.2, 0.25) is 0 Å². The molecule has 0 saturated carbocycles. The molecule has 0 unspecified atom stereocenters. The Hall–Kier alpha value is 0.880. The van der Waals surface area contributed by atoms with Crippen LogP contribution in [0.4, 0.5) is 0 Å². The van der Waals surface area contributed by atoms with Gasteiger partial charge in [-0.15, -0.1) is 0 Å². The minimum absolute atomic E-state index is 0. The summed E-state index contributed by atoms with van der Waals surface area (Å²) in [6.07, 6.45) is 0. The third kappa shape index (κ3) is 6.99. The summed E-state index contributed by atoms with van der Waals surface area (Å²) in [5.74, 6) is 0. The molecule has 0 radical (unpaired) electrons. The Kier molecular flexibility index (Phi) is 1.96. The molecule has 10 heavy (non-hydrogen) atoms. The molecule has 0 aromatic rings. The Morgan fingerprint density at radius 3 is 2.30 bits per heavy atom. The van der Waals surface area contributed by atoms with Crippen molar-refractivity contribution in [2.75, 3.05) is 13.1 Å². The van der Waals surface area contributed by atoms with E-state index in [2.05, 4.69) is 33.1 Å². The lowest BCUT2D eigenvalue weighted by Gasteiger charge is -2.13. The summed E-state index contributed by atoms with van der Waals surface area (Å²) in [6.45, 7) is -12.9. The van der Waals surface area contributed by atoms with Crippen LogP contribution in [0.15, 0.2) is 0 Å². The molecule has 64 valence electrons. The summed E-state index contributed by atoms with van der Waals surface area (Å²) < 4.78 is 78.6. The zero-order valence-corrected chi connectivity index (χ0v) is 7.43. The van der Waals surface area contributed by atoms with Crippen LogP contribution in [0.25, 0.3) is 0 Å². The predicted octanol–water partition coefficient (Wildman–Crippen LogP) is 2.38. The fourth-order valence-electron chi connectivity index (χ4n) is 0.134. The summed E-state index contributed by atoms with van der Waals surface area (Å²) in [4.78, 5) is 0. The van der Waals surface area contributed by atoms with Gasteiger partial charge < -0.3 is 15.2 Å². The van der Waals surface area contributed by atoms with Gasteiger partial charge in [-0.1, -0.05) is 12.2 Å². The smallest absolute Gasteiger partial charge is 0.244 e. The zero-order valence-electron chi connectivity index (χ0n) is 14.8. The van der Waals surface area contributed by atoms with Crippen LogP contribution in [-0.4, -0.2) is 13.1 Å². The Labute approximate surface area is 86.4 Å². The van der Waals surface area contributed by atoms with Crippen LogP contribution in [0.5, 0.6) is 0 Å². The molecule has 0 heterocycles. The highest BCUT2D eigenvalue weighted by atomic mass is 32.9. The van der Waals surface area contributed by atoms with E-state index in [9.17, 15) is 0 Å². The van der Waals surface area contributed by atoms with E-state index in [1.54, 1.807) is 0 Å². The van der Waals surface area contributed by atoms with Crippen molar-refractivity contribution in [1.29, 1.82) is 0 Å². The van der Waals surface area contributed by atoms with Crippen LogP contribution in [-0.2, 0) is 20.9 Å². The Bertz CT molecular complexity index is 348. The maximum Gasteiger partial charge on any atom is 0.244 e. The maximum absolute atomic E-state index is 7.15. The first-order chi connectivity index (χ1) is 7.91. The van der Waals surface area contributed by atoms with Gasteiger partial charge in [0.05, 0.1) is 18.6 Å². The lowest BCUT2D eigenvalue weighted by atomic mass is 10.9. The van der Waals surface area contributed by atoms with Gasteiger partial charge >= 0.3 is 0 Å². The third-order valence-electron chi connectivity index (χ3n) is 0.322. The monoisotopic (exact) mass is 213 g/mol. The van der Waals surface area contributed by atoms with Gasteiger partial charge in [-0.2, -0.15) is 0 Å². The van der Waals surface area contributed by atoms with E-state index in [1.807, 2.05) is 0 Å². The quantitative estimate of drug-likeness (QED) is 0.556. The van der Waals surface area contributed by atoms with Gasteiger partial charge in [0.15, 0.2) is 0 Å². The largest absolute Gasteiger partial charge is 0.344 e. The van der Waals surface area contributed by atoms with E-state index in [0.717, 1.165) is 0 Å². The molecule has 3 nitrogen and oxygen atoms in total. The van der Waals surface area contributed by atoms with Crippen LogP contribution in [0, 0.1) is 0 Å². The van der Waals surface area contributed by atoms with Crippen molar-refractivity contribution in [1.82, 2.24) is 6.15 Å². The molecule has 0 aliphatic carbocycles. The molecule has 0 atom stereocenters. The molecule has 0 rings (SSSR count). The van der Waals surface area contributed by atoms with E-state index in [1.165, 1.54) is 0 Å². The molecule has 0 spiro atoms. The van der Waals surface area contributed by atoms with Crippen LogP contribution in [0.3, 0.4) is 0 Å². The first-order valence-electron chi connectivity index (χ1n) is 6.66. The molecule has 0 saturated heterocycles. The zero-order chi connectivity index (χ0) is 15.9. The molecule has 3 N–H and O–H groups in total. The fraction of sp³-hybridized carbons (Fsp3) is 1.00. The predicted molar refractivity (Wildman–Crippen MR) is 51.5 cm³/mol. The lowest BCUT2D eigenvalue weighted by Crippen LogP contribution is -1.88. The first kappa shape index (κ1) is 2.98. The molecule has 0 aromatic carbocycles. The lowest BCUT2D eigenvalue weighted by molar-refractivity contribution is 0.281. The van der Waals surface area contributed by atoms with Gasteiger partial charge in [0.2, 0.25) is 5.69 Å². The second kappa shape index (κ2) is 6.58. The molecule has 0 aromatic heterocycles. The van der Waals surface area contributed by atoms with Crippen molar-refractivity contribution >= 4 is 29.7 Å². The SMILES string of the molecule is N.[2H]C([2H])([2H])C([2H])([2H])OP(=S)(S)OC([2H])([2H])C([2H])([2H])[2H]. The van der Waals surface area contributed by atoms with E-state index >= 15 is 0 Å². The highest BCUT2D eigenvalue weighted by Crippen LogP contribution is 2.52. The molecule has 0 bridgehead atoms. The van der Waals surface area contributed by atoms with Crippen molar-refractivity contribution in [2.45, 2.75) is 13.7 Å². The molecular weight excluding hydrogens is 189 g/mol. The second-order valence-electron chi connectivity index (χ2n) is 0.855. The normalized spacial score (nSPS) is 30.9. The van der Waals surface area contributed by atoms with Crippen LogP contribution >= 0.6 is 17.9 Å². The maximum atomic E-state index is 7.15. The molecular formula is C4H14NO2PS2. The topological polar surface area (TPSA) is 53.5 Å². The minimum Gasteiger partial charge on any atom is -0.344 e. The number of hydrogen-bond acceptors (Lipinski definition) is 4. The second-order valence-corrected chi connectivity index (χ2v) is 5.99. The highest BCUT2D eigenvalue weighted by molar-refractivity contribution is 8.60. The molecule has 0 aliphatic heterocycles. The fourth-order valence-corrected chi connectivity index (χ4v) is 0.871. The summed E-state index contributed by atoms with van der Waals surface area (Å²) in [6, 6.07) is 0. The van der Waals surface area contributed by atoms with E-state index < -0.39 is 32.5 Å². The summed E-state index contributed by atoms with van der Waals surface area (Å²) in [5, 5.41) is 0. The number of thiol groups is 1. The summed E-state index contributed by atoms with van der Waals surface area (Å²) >= 11 is 8.07. The summed E-state index contributed by atoms with van der Waals surface area (Å²) in [5.41, 5.74) is -4.07. The number of rotatable bonds is 4. The Morgan fingerprint density at radius 2 is 2.00 bits per heavy atom. The number of hydrogen-bond donors (Lipinski definition) is 2. The summed E-state index contributed by atoms with van der Waals surface area (Å²) in [7, 11) is 0. The van der Waals surface area contributed by atoms with Crippen molar-refractivity contribution in [3.05, 3.63) is 0 Å². The third-order valence-corrected chi connectivity index (χ3v) is 1.90. The Balaban J connectivity index is 0. The molecule has 0 fully saturated rings. The molecule has 0 amide bonds. The molecule has 6 heteroatoms. The van der Waals surface area contributed by atoms with Crippen LogP contribution < -0.4 is 6.15 Å². The minimum atomic E-state index is -4.07. The van der Waals surface area contributed by atoms with Gasteiger partial charge in [0.1, 0.15) is 0 Å². The van der Waals surface area contributed by atoms with Gasteiger partial charge in [-0.25, -0.2) is 0 Å². The van der Waals surface area contributed by atoms with Gasteiger partial charge in [0.25, 0.3) is 0 Å². The highest BCUT2D eigenvalue weighted by Gasteiger charge is 2.08. The van der Waals surface area contributed by atoms with Crippen LogP contribution in [0.1, 0.15) is 27.4 Å². The van der Waals surface area contributed by atoms with Crippen molar-refractivity contribution in [3.8, 4) is 0 Å². The van der Waals surface area contributed by atoms with Crippen molar-refractivity contribution < 1.29 is 22.8 Å². The Morgan fingerprint density at radius 1 is 1.60 bits per heavy atom. The van der Waals surface area contributed by atoms with E-state index in [4.69, 9.17) is 13.7 Å². The van der Waals surface area contributed by atoms with Crippen molar-refractivity contribution in [3.63, 3.8) is 0 Å². The standard InChI is InChI=1S/C4H11O2PS2.H3N/c1-3-5-7(8,9)6-4-2;/h3-4H2,1-2H3,(H,8,9);1H3/i1D3,2D3,3D2,4D2;. The van der Waals surface area contributed by atoms with E-state index in [-0.39, 0.29) is 6.15 Å². The van der Waals surface area contributed by atoms with Gasteiger partial charge in [-0.05, 0) is 25.5 Å². The van der Waals surface area contributed by atoms with Gasteiger partial charge in [-0.3, -0.25) is 0 Å². The molecule has 0 aliphatic rings. The average Bonchev–Trinajstić information content (AvgIpc) is 1.93. The average molecular weight is 213 g/mol. The first-order valence-corrected chi connectivity index (χ1v) is 5.45. The van der Waals surface area contributed by atoms with Crippen molar-refractivity contribution in [2.24, 2.45) is 0 Å². The van der Waals surface area contributed by atoms with E-state index in [0.29, 0.717) is 0 Å².